The summed E-state index contributed by atoms with van der Waals surface area (Å²) in [7, 11) is 1.69. The normalized spacial score (nSPS) is 31.9. The van der Waals surface area contributed by atoms with Gasteiger partial charge in [0.25, 0.3) is 0 Å². The third-order valence-electron chi connectivity index (χ3n) is 4.73. The topological polar surface area (TPSA) is 17.8 Å². The van der Waals surface area contributed by atoms with Crippen LogP contribution in [0, 0.1) is 5.92 Å². The highest BCUT2D eigenvalue weighted by atomic mass is 19.4. The van der Waals surface area contributed by atoms with Crippen LogP contribution in [0.25, 0.3) is 0 Å². The third-order valence-corrected chi connectivity index (χ3v) is 4.73. The zero-order valence-electron chi connectivity index (χ0n) is 10.4. The molecule has 0 radical (unpaired) electrons. The summed E-state index contributed by atoms with van der Waals surface area (Å²) in [6.07, 6.45) is 3.24. The number of rotatable bonds is 1. The molecule has 0 aliphatic heterocycles. The first-order chi connectivity index (χ1) is 8.41. The Labute approximate surface area is 104 Å². The van der Waals surface area contributed by atoms with Gasteiger partial charge in [-0.1, -0.05) is 0 Å². The fourth-order valence-corrected chi connectivity index (χ4v) is 3.68. The number of alkyl halides is 3. The molecular formula is C13H17F3N2. The van der Waals surface area contributed by atoms with Crippen LogP contribution in [0.4, 0.5) is 13.2 Å². The monoisotopic (exact) mass is 258 g/mol. The molecule has 2 nitrogen and oxygen atoms in total. The Kier molecular flexibility index (Phi) is 2.51. The maximum Gasteiger partial charge on any atom is 0.434 e. The lowest BCUT2D eigenvalue weighted by atomic mass is 9.60. The van der Waals surface area contributed by atoms with Gasteiger partial charge in [0, 0.05) is 18.7 Å². The molecule has 3 aliphatic rings. The van der Waals surface area contributed by atoms with Crippen molar-refractivity contribution in [2.75, 3.05) is 0 Å². The molecule has 100 valence electrons. The van der Waals surface area contributed by atoms with Crippen LogP contribution in [0.5, 0.6) is 0 Å². The van der Waals surface area contributed by atoms with Gasteiger partial charge in [0.2, 0.25) is 0 Å². The maximum absolute atomic E-state index is 12.7. The number of hydrogen-bond donors (Lipinski definition) is 0. The molecule has 3 aliphatic carbocycles. The van der Waals surface area contributed by atoms with Gasteiger partial charge in [0.05, 0.1) is 0 Å². The minimum Gasteiger partial charge on any atom is -0.337 e. The third kappa shape index (κ3) is 1.75. The SMILES string of the molecule is Cn1cc(C(F)(F)F)nc1C12CCC(CC1)CC2. The number of fused-ring (bicyclic) bond motifs is 3. The molecule has 0 spiro atoms. The van der Waals surface area contributed by atoms with Crippen LogP contribution in [0.2, 0.25) is 0 Å². The van der Waals surface area contributed by atoms with Crippen molar-refractivity contribution in [3.63, 3.8) is 0 Å². The largest absolute Gasteiger partial charge is 0.434 e. The van der Waals surface area contributed by atoms with Gasteiger partial charge in [0.1, 0.15) is 5.82 Å². The molecule has 0 N–H and O–H groups in total. The van der Waals surface area contributed by atoms with E-state index in [9.17, 15) is 13.2 Å². The molecule has 2 bridgehead atoms. The lowest BCUT2D eigenvalue weighted by Gasteiger charge is -2.45. The summed E-state index contributed by atoms with van der Waals surface area (Å²) in [6.45, 7) is 0. The minimum atomic E-state index is -4.33. The van der Waals surface area contributed by atoms with Gasteiger partial charge in [-0.25, -0.2) is 4.98 Å². The molecular weight excluding hydrogens is 241 g/mol. The van der Waals surface area contributed by atoms with E-state index in [4.69, 9.17) is 0 Å². The van der Waals surface area contributed by atoms with Gasteiger partial charge in [-0.3, -0.25) is 0 Å². The number of hydrogen-bond acceptors (Lipinski definition) is 1. The van der Waals surface area contributed by atoms with Crippen LogP contribution < -0.4 is 0 Å². The zero-order chi connectivity index (χ0) is 13.0. The van der Waals surface area contributed by atoms with Gasteiger partial charge in [-0.15, -0.1) is 0 Å². The fourth-order valence-electron chi connectivity index (χ4n) is 3.68. The fraction of sp³-hybridized carbons (Fsp3) is 0.769. The van der Waals surface area contributed by atoms with Gasteiger partial charge in [0.15, 0.2) is 5.69 Å². The predicted molar refractivity (Wildman–Crippen MR) is 61.1 cm³/mol. The Morgan fingerprint density at radius 1 is 1.22 bits per heavy atom. The van der Waals surface area contributed by atoms with E-state index in [0.29, 0.717) is 5.82 Å². The summed E-state index contributed by atoms with van der Waals surface area (Å²) in [4.78, 5) is 3.91. The molecule has 0 atom stereocenters. The molecule has 4 rings (SSSR count). The molecule has 0 saturated heterocycles. The van der Waals surface area contributed by atoms with Crippen molar-refractivity contribution >= 4 is 0 Å². The van der Waals surface area contributed by atoms with Crippen LogP contribution in [0.3, 0.4) is 0 Å². The summed E-state index contributed by atoms with van der Waals surface area (Å²) in [5.41, 5.74) is -0.838. The van der Waals surface area contributed by atoms with E-state index in [1.807, 2.05) is 0 Å². The molecule has 1 aromatic heterocycles. The number of aryl methyl sites for hydroxylation is 1. The number of aromatic nitrogens is 2. The Bertz CT molecular complexity index is 440. The van der Waals surface area contributed by atoms with Crippen LogP contribution >= 0.6 is 0 Å². The van der Waals surface area contributed by atoms with Crippen LogP contribution in [0.1, 0.15) is 50.0 Å². The lowest BCUT2D eigenvalue weighted by Crippen LogP contribution is -2.39. The van der Waals surface area contributed by atoms with E-state index >= 15 is 0 Å². The van der Waals surface area contributed by atoms with E-state index < -0.39 is 11.9 Å². The standard InChI is InChI=1S/C13H17F3N2/c1-18-8-10(13(14,15)16)17-11(18)12-5-2-9(3-6-12)4-7-12/h8-9H,2-7H2,1H3. The molecule has 0 unspecified atom stereocenters. The quantitative estimate of drug-likeness (QED) is 0.751. The van der Waals surface area contributed by atoms with E-state index in [1.54, 1.807) is 11.6 Å². The van der Waals surface area contributed by atoms with Crippen molar-refractivity contribution in [2.24, 2.45) is 13.0 Å². The number of halogens is 3. The molecule has 0 aromatic carbocycles. The molecule has 1 heterocycles. The first-order valence-corrected chi connectivity index (χ1v) is 6.52. The van der Waals surface area contributed by atoms with E-state index in [2.05, 4.69) is 4.98 Å². The van der Waals surface area contributed by atoms with Gasteiger partial charge >= 0.3 is 6.18 Å². The summed E-state index contributed by atoms with van der Waals surface area (Å²) >= 11 is 0. The number of imidazole rings is 1. The van der Waals surface area contributed by atoms with Crippen LogP contribution in [-0.4, -0.2) is 9.55 Å². The van der Waals surface area contributed by atoms with Crippen molar-refractivity contribution in [1.29, 1.82) is 0 Å². The highest BCUT2D eigenvalue weighted by molar-refractivity contribution is 5.19. The second kappa shape index (κ2) is 3.75. The second-order valence-electron chi connectivity index (χ2n) is 5.82. The Morgan fingerprint density at radius 3 is 2.22 bits per heavy atom. The smallest absolute Gasteiger partial charge is 0.337 e. The Morgan fingerprint density at radius 2 is 1.78 bits per heavy atom. The number of nitrogens with zero attached hydrogens (tertiary/aromatic N) is 2. The average Bonchev–Trinajstić information content (AvgIpc) is 2.74. The van der Waals surface area contributed by atoms with Crippen molar-refractivity contribution in [2.45, 2.75) is 50.1 Å². The molecule has 3 fully saturated rings. The average molecular weight is 258 g/mol. The highest BCUT2D eigenvalue weighted by Gasteiger charge is 2.45. The van der Waals surface area contributed by atoms with Gasteiger partial charge < -0.3 is 4.57 Å². The Hall–Kier alpha value is -1.00. The van der Waals surface area contributed by atoms with Gasteiger partial charge in [-0.05, 0) is 44.4 Å². The summed E-state index contributed by atoms with van der Waals surface area (Å²) in [5, 5.41) is 0. The predicted octanol–water partition coefficient (Wildman–Crippen LogP) is 3.66. The van der Waals surface area contributed by atoms with Crippen molar-refractivity contribution in [1.82, 2.24) is 9.55 Å². The molecule has 3 saturated carbocycles. The molecule has 0 amide bonds. The van der Waals surface area contributed by atoms with E-state index in [1.165, 1.54) is 0 Å². The van der Waals surface area contributed by atoms with Crippen molar-refractivity contribution < 1.29 is 13.2 Å². The molecule has 5 heteroatoms. The summed E-state index contributed by atoms with van der Waals surface area (Å²) in [5.74, 6) is 1.45. The Balaban J connectivity index is 1.99. The van der Waals surface area contributed by atoms with Gasteiger partial charge in [-0.2, -0.15) is 13.2 Å². The summed E-state index contributed by atoms with van der Waals surface area (Å²) < 4.78 is 39.7. The van der Waals surface area contributed by atoms with Crippen molar-refractivity contribution in [3.8, 4) is 0 Å². The van der Waals surface area contributed by atoms with E-state index in [-0.39, 0.29) is 5.41 Å². The van der Waals surface area contributed by atoms with Crippen LogP contribution in [-0.2, 0) is 18.6 Å². The molecule has 1 aromatic rings. The minimum absolute atomic E-state index is 0.0903. The first-order valence-electron chi connectivity index (χ1n) is 6.52. The van der Waals surface area contributed by atoms with E-state index in [0.717, 1.165) is 50.6 Å². The zero-order valence-corrected chi connectivity index (χ0v) is 10.4. The summed E-state index contributed by atoms with van der Waals surface area (Å²) in [6, 6.07) is 0. The molecule has 18 heavy (non-hydrogen) atoms. The second-order valence-corrected chi connectivity index (χ2v) is 5.82. The highest BCUT2D eigenvalue weighted by Crippen LogP contribution is 2.51. The van der Waals surface area contributed by atoms with Crippen molar-refractivity contribution in [3.05, 3.63) is 17.7 Å². The maximum atomic E-state index is 12.7. The first kappa shape index (κ1) is 12.1. The van der Waals surface area contributed by atoms with Crippen LogP contribution in [0.15, 0.2) is 6.20 Å². The lowest BCUT2D eigenvalue weighted by molar-refractivity contribution is -0.141.